The fourth-order valence-corrected chi connectivity index (χ4v) is 2.80. The third-order valence-corrected chi connectivity index (χ3v) is 4.38. The summed E-state index contributed by atoms with van der Waals surface area (Å²) in [6.07, 6.45) is 1.15. The van der Waals surface area contributed by atoms with Crippen LogP contribution in [0.4, 0.5) is 5.82 Å². The molecule has 0 saturated heterocycles. The molecule has 0 saturated carbocycles. The van der Waals surface area contributed by atoms with Gasteiger partial charge < -0.3 is 10.4 Å². The van der Waals surface area contributed by atoms with Crippen molar-refractivity contribution in [3.8, 4) is 0 Å². The predicted octanol–water partition coefficient (Wildman–Crippen LogP) is 2.69. The van der Waals surface area contributed by atoms with Crippen LogP contribution in [0.5, 0.6) is 0 Å². The second-order valence-corrected chi connectivity index (χ2v) is 6.66. The number of rotatable bonds is 5. The van der Waals surface area contributed by atoms with Crippen molar-refractivity contribution in [3.05, 3.63) is 63.5 Å². The highest BCUT2D eigenvalue weighted by atomic mass is 79.9. The Morgan fingerprint density at radius 1 is 1.27 bits per heavy atom. The summed E-state index contributed by atoms with van der Waals surface area (Å²) in [7, 11) is 1.51. The number of nitrogens with zero attached hydrogens (tertiary/aromatic N) is 4. The molecule has 3 aromatic rings. The van der Waals surface area contributed by atoms with E-state index in [4.69, 9.17) is 5.11 Å². The first-order valence-corrected chi connectivity index (χ1v) is 8.50. The van der Waals surface area contributed by atoms with Crippen molar-refractivity contribution in [2.45, 2.75) is 13.5 Å². The van der Waals surface area contributed by atoms with E-state index < -0.39 is 11.9 Å². The molecule has 0 spiro atoms. The molecule has 3 rings (SSSR count). The van der Waals surface area contributed by atoms with Crippen LogP contribution in [-0.2, 0) is 13.6 Å². The summed E-state index contributed by atoms with van der Waals surface area (Å²) in [6, 6.07) is 9.60. The molecule has 1 amide bonds. The van der Waals surface area contributed by atoms with Crippen LogP contribution in [0, 0.1) is 6.92 Å². The SMILES string of the molecule is Cc1cc(NC(=O)c2c(C(=O)O)cnn2C)nn1Cc1ccc(Br)cc1. The van der Waals surface area contributed by atoms with Crippen LogP contribution in [0.1, 0.15) is 32.1 Å². The van der Waals surface area contributed by atoms with Crippen molar-refractivity contribution in [3.63, 3.8) is 0 Å². The van der Waals surface area contributed by atoms with Gasteiger partial charge in [-0.15, -0.1) is 0 Å². The number of amides is 1. The number of hydrogen-bond acceptors (Lipinski definition) is 4. The minimum atomic E-state index is -1.21. The van der Waals surface area contributed by atoms with Gasteiger partial charge in [0.25, 0.3) is 5.91 Å². The topological polar surface area (TPSA) is 102 Å². The van der Waals surface area contributed by atoms with Crippen molar-refractivity contribution in [2.24, 2.45) is 7.05 Å². The van der Waals surface area contributed by atoms with Gasteiger partial charge in [-0.05, 0) is 24.6 Å². The zero-order chi connectivity index (χ0) is 18.8. The minimum absolute atomic E-state index is 0.0300. The lowest BCUT2D eigenvalue weighted by Gasteiger charge is -2.05. The Morgan fingerprint density at radius 3 is 2.62 bits per heavy atom. The number of halogens is 1. The van der Waals surface area contributed by atoms with E-state index >= 15 is 0 Å². The molecule has 2 aromatic heterocycles. The molecule has 8 nitrogen and oxygen atoms in total. The quantitative estimate of drug-likeness (QED) is 0.664. The molecule has 9 heteroatoms. The van der Waals surface area contributed by atoms with Crippen LogP contribution >= 0.6 is 15.9 Å². The Kier molecular flexibility index (Phi) is 4.90. The van der Waals surface area contributed by atoms with E-state index in [1.54, 1.807) is 10.7 Å². The van der Waals surface area contributed by atoms with E-state index in [1.165, 1.54) is 11.7 Å². The molecule has 0 atom stereocenters. The van der Waals surface area contributed by atoms with Crippen LogP contribution in [0.25, 0.3) is 0 Å². The van der Waals surface area contributed by atoms with Gasteiger partial charge in [-0.2, -0.15) is 10.2 Å². The average Bonchev–Trinajstić information content (AvgIpc) is 3.12. The van der Waals surface area contributed by atoms with Crippen LogP contribution < -0.4 is 5.32 Å². The van der Waals surface area contributed by atoms with Gasteiger partial charge in [-0.1, -0.05) is 28.1 Å². The molecule has 0 radical (unpaired) electrons. The largest absolute Gasteiger partial charge is 0.478 e. The number of carbonyl (C=O) groups excluding carboxylic acids is 1. The van der Waals surface area contributed by atoms with Crippen LogP contribution in [0.15, 0.2) is 41.0 Å². The fourth-order valence-electron chi connectivity index (χ4n) is 2.53. The molecule has 2 heterocycles. The van der Waals surface area contributed by atoms with Gasteiger partial charge in [-0.25, -0.2) is 4.79 Å². The lowest BCUT2D eigenvalue weighted by atomic mass is 10.2. The molecule has 26 heavy (non-hydrogen) atoms. The van der Waals surface area contributed by atoms with E-state index in [-0.39, 0.29) is 11.3 Å². The number of carboxylic acid groups (broad SMARTS) is 1. The third kappa shape index (κ3) is 3.67. The molecule has 0 aliphatic heterocycles. The van der Waals surface area contributed by atoms with Gasteiger partial charge in [0.2, 0.25) is 0 Å². The standard InChI is InChI=1S/C17H16BrN5O3/c1-10-7-14(21-23(10)9-11-3-5-12(18)6-4-11)20-16(24)15-13(17(25)26)8-19-22(15)2/h3-8H,9H2,1-2H3,(H,25,26)(H,20,21,24). The first kappa shape index (κ1) is 17.9. The average molecular weight is 418 g/mol. The summed E-state index contributed by atoms with van der Waals surface area (Å²) < 4.78 is 3.99. The van der Waals surface area contributed by atoms with Gasteiger partial charge in [0.1, 0.15) is 11.3 Å². The molecule has 0 aliphatic rings. The zero-order valence-corrected chi connectivity index (χ0v) is 15.7. The van der Waals surface area contributed by atoms with Gasteiger partial charge in [0, 0.05) is 23.3 Å². The Hall–Kier alpha value is -2.94. The Balaban J connectivity index is 1.79. The number of aromatic nitrogens is 4. The summed E-state index contributed by atoms with van der Waals surface area (Å²) in [5.74, 6) is -1.43. The maximum Gasteiger partial charge on any atom is 0.339 e. The van der Waals surface area contributed by atoms with E-state index in [2.05, 4.69) is 31.4 Å². The molecule has 0 bridgehead atoms. The summed E-state index contributed by atoms with van der Waals surface area (Å²) >= 11 is 3.40. The highest BCUT2D eigenvalue weighted by Crippen LogP contribution is 2.16. The summed E-state index contributed by atoms with van der Waals surface area (Å²) in [5.41, 5.74) is 1.75. The molecule has 1 aromatic carbocycles. The number of carboxylic acids is 1. The van der Waals surface area contributed by atoms with Crippen molar-refractivity contribution < 1.29 is 14.7 Å². The van der Waals surface area contributed by atoms with Crippen molar-refractivity contribution >= 4 is 33.6 Å². The number of benzene rings is 1. The van der Waals surface area contributed by atoms with Crippen molar-refractivity contribution in [1.82, 2.24) is 19.6 Å². The molecule has 0 unspecified atom stereocenters. The van der Waals surface area contributed by atoms with E-state index in [1.807, 2.05) is 31.2 Å². The highest BCUT2D eigenvalue weighted by Gasteiger charge is 2.22. The molecule has 0 aliphatic carbocycles. The first-order valence-electron chi connectivity index (χ1n) is 7.70. The Labute approximate surface area is 157 Å². The van der Waals surface area contributed by atoms with E-state index in [0.717, 1.165) is 21.9 Å². The van der Waals surface area contributed by atoms with E-state index in [0.29, 0.717) is 12.4 Å². The maximum atomic E-state index is 12.4. The number of aromatic carboxylic acids is 1. The van der Waals surface area contributed by atoms with Gasteiger partial charge in [0.15, 0.2) is 5.82 Å². The fraction of sp³-hybridized carbons (Fsp3) is 0.176. The minimum Gasteiger partial charge on any atom is -0.478 e. The van der Waals surface area contributed by atoms with Crippen LogP contribution in [-0.4, -0.2) is 36.5 Å². The maximum absolute atomic E-state index is 12.4. The van der Waals surface area contributed by atoms with Gasteiger partial charge in [-0.3, -0.25) is 14.2 Å². The Bertz CT molecular complexity index is 975. The normalized spacial score (nSPS) is 10.7. The smallest absolute Gasteiger partial charge is 0.339 e. The summed E-state index contributed by atoms with van der Waals surface area (Å²) in [6.45, 7) is 2.44. The number of carbonyl (C=O) groups is 2. The Morgan fingerprint density at radius 2 is 1.96 bits per heavy atom. The monoisotopic (exact) mass is 417 g/mol. The molecular formula is C17H16BrN5O3. The number of hydrogen-bond donors (Lipinski definition) is 2. The second-order valence-electron chi connectivity index (χ2n) is 5.74. The molecule has 0 fully saturated rings. The predicted molar refractivity (Wildman–Crippen MR) is 98.3 cm³/mol. The molecular weight excluding hydrogens is 402 g/mol. The van der Waals surface area contributed by atoms with Crippen molar-refractivity contribution in [1.29, 1.82) is 0 Å². The van der Waals surface area contributed by atoms with Crippen LogP contribution in [0.2, 0.25) is 0 Å². The summed E-state index contributed by atoms with van der Waals surface area (Å²) in [4.78, 5) is 23.7. The molecule has 134 valence electrons. The molecule has 2 N–H and O–H groups in total. The lowest BCUT2D eigenvalue weighted by molar-refractivity contribution is 0.0692. The van der Waals surface area contributed by atoms with Gasteiger partial charge in [0.05, 0.1) is 12.7 Å². The number of aryl methyl sites for hydroxylation is 2. The zero-order valence-electron chi connectivity index (χ0n) is 14.1. The van der Waals surface area contributed by atoms with Crippen molar-refractivity contribution in [2.75, 3.05) is 5.32 Å². The second kappa shape index (κ2) is 7.12. The van der Waals surface area contributed by atoms with E-state index in [9.17, 15) is 9.59 Å². The number of anilines is 1. The van der Waals surface area contributed by atoms with Crippen LogP contribution in [0.3, 0.4) is 0 Å². The lowest BCUT2D eigenvalue weighted by Crippen LogP contribution is -2.19. The number of nitrogens with one attached hydrogen (secondary N) is 1. The summed E-state index contributed by atoms with van der Waals surface area (Å²) in [5, 5.41) is 20.0. The van der Waals surface area contributed by atoms with Gasteiger partial charge >= 0.3 is 5.97 Å². The first-order chi connectivity index (χ1) is 12.3. The highest BCUT2D eigenvalue weighted by molar-refractivity contribution is 9.10. The third-order valence-electron chi connectivity index (χ3n) is 3.85.